The van der Waals surface area contributed by atoms with E-state index in [2.05, 4.69) is 39.7 Å². The van der Waals surface area contributed by atoms with Crippen LogP contribution in [-0.4, -0.2) is 54.4 Å². The van der Waals surface area contributed by atoms with Crippen LogP contribution in [0.15, 0.2) is 36.8 Å². The maximum atomic E-state index is 11.9. The maximum Gasteiger partial charge on any atom is 0.211 e. The Morgan fingerprint density at radius 2 is 2.22 bits per heavy atom. The van der Waals surface area contributed by atoms with Crippen LogP contribution in [0.1, 0.15) is 25.3 Å². The number of sulfonamides is 1. The second-order valence-electron chi connectivity index (χ2n) is 7.68. The summed E-state index contributed by atoms with van der Waals surface area (Å²) in [7, 11) is -3.11. The molecular formula is C19H27N5O2S. The minimum absolute atomic E-state index is 0.0672. The Bertz CT molecular complexity index is 952. The molecule has 8 heteroatoms. The Labute approximate surface area is 160 Å². The quantitative estimate of drug-likeness (QED) is 0.864. The number of rotatable bonds is 4. The van der Waals surface area contributed by atoms with E-state index in [-0.39, 0.29) is 6.04 Å². The van der Waals surface area contributed by atoms with Gasteiger partial charge in [-0.25, -0.2) is 12.9 Å². The molecule has 2 aliphatic rings. The number of hydrogen-bond donors (Lipinski definition) is 1. The van der Waals surface area contributed by atoms with Gasteiger partial charge in [-0.15, -0.1) is 0 Å². The third kappa shape index (κ3) is 3.88. The Kier molecular flexibility index (Phi) is 4.96. The van der Waals surface area contributed by atoms with Crippen LogP contribution in [0.5, 0.6) is 0 Å². The van der Waals surface area contributed by atoms with Gasteiger partial charge in [0.05, 0.1) is 30.3 Å². The lowest BCUT2D eigenvalue weighted by atomic mass is 9.88. The molecule has 146 valence electrons. The molecular weight excluding hydrogens is 362 g/mol. The molecule has 0 unspecified atom stereocenters. The van der Waals surface area contributed by atoms with Gasteiger partial charge in [0.15, 0.2) is 0 Å². The van der Waals surface area contributed by atoms with Crippen molar-refractivity contribution in [3.8, 4) is 0 Å². The molecule has 27 heavy (non-hydrogen) atoms. The molecule has 2 aliphatic heterocycles. The van der Waals surface area contributed by atoms with Crippen LogP contribution in [-0.2, 0) is 16.4 Å². The lowest BCUT2D eigenvalue weighted by Crippen LogP contribution is -2.44. The van der Waals surface area contributed by atoms with E-state index >= 15 is 0 Å². The van der Waals surface area contributed by atoms with Gasteiger partial charge in [-0.05, 0) is 49.8 Å². The SMILES string of the molecule is C[C@H]1C[C@H](Cc2ccn3ncc(N4C=CCNC4)c3c2)CCN1S(C)(=O)=O. The fourth-order valence-electron chi connectivity index (χ4n) is 4.29. The highest BCUT2D eigenvalue weighted by molar-refractivity contribution is 7.88. The van der Waals surface area contributed by atoms with E-state index in [1.54, 1.807) is 4.31 Å². The second kappa shape index (κ2) is 7.26. The highest BCUT2D eigenvalue weighted by Crippen LogP contribution is 2.29. The minimum atomic E-state index is -3.11. The number of anilines is 1. The molecule has 0 amide bonds. The number of fused-ring (bicyclic) bond motifs is 1. The van der Waals surface area contributed by atoms with Gasteiger partial charge in [-0.2, -0.15) is 9.40 Å². The zero-order valence-corrected chi connectivity index (χ0v) is 16.7. The van der Waals surface area contributed by atoms with E-state index in [1.165, 1.54) is 11.8 Å². The third-order valence-electron chi connectivity index (χ3n) is 5.58. The summed E-state index contributed by atoms with van der Waals surface area (Å²) < 4.78 is 27.3. The van der Waals surface area contributed by atoms with Crippen molar-refractivity contribution in [3.05, 3.63) is 42.4 Å². The molecule has 2 aromatic heterocycles. The summed E-state index contributed by atoms with van der Waals surface area (Å²) in [5.41, 5.74) is 3.48. The van der Waals surface area contributed by atoms with Gasteiger partial charge >= 0.3 is 0 Å². The van der Waals surface area contributed by atoms with Crippen molar-refractivity contribution in [2.24, 2.45) is 5.92 Å². The van der Waals surface area contributed by atoms with E-state index in [9.17, 15) is 8.42 Å². The second-order valence-corrected chi connectivity index (χ2v) is 9.61. The Morgan fingerprint density at radius 3 is 2.93 bits per heavy atom. The lowest BCUT2D eigenvalue weighted by Gasteiger charge is -2.36. The molecule has 4 heterocycles. The molecule has 0 spiro atoms. The summed E-state index contributed by atoms with van der Waals surface area (Å²) in [4.78, 5) is 2.17. The number of hydrogen-bond acceptors (Lipinski definition) is 5. The molecule has 1 N–H and O–H groups in total. The van der Waals surface area contributed by atoms with E-state index in [1.807, 2.05) is 23.8 Å². The van der Waals surface area contributed by atoms with Crippen molar-refractivity contribution in [1.82, 2.24) is 19.2 Å². The molecule has 7 nitrogen and oxygen atoms in total. The van der Waals surface area contributed by atoms with Gasteiger partial charge in [0.1, 0.15) is 0 Å². The Morgan fingerprint density at radius 1 is 1.37 bits per heavy atom. The van der Waals surface area contributed by atoms with Crippen molar-refractivity contribution in [2.75, 3.05) is 30.9 Å². The van der Waals surface area contributed by atoms with Crippen LogP contribution in [0.2, 0.25) is 0 Å². The zero-order chi connectivity index (χ0) is 19.0. The fourth-order valence-corrected chi connectivity index (χ4v) is 5.46. The Hall–Kier alpha value is -1.90. The average Bonchev–Trinajstić information content (AvgIpc) is 3.04. The normalized spacial score (nSPS) is 24.6. The van der Waals surface area contributed by atoms with Crippen molar-refractivity contribution in [3.63, 3.8) is 0 Å². The first-order valence-electron chi connectivity index (χ1n) is 9.49. The van der Waals surface area contributed by atoms with Crippen LogP contribution < -0.4 is 10.2 Å². The Balaban J connectivity index is 1.51. The zero-order valence-electron chi connectivity index (χ0n) is 15.9. The maximum absolute atomic E-state index is 11.9. The molecule has 0 radical (unpaired) electrons. The lowest BCUT2D eigenvalue weighted by molar-refractivity contribution is 0.210. The predicted molar refractivity (Wildman–Crippen MR) is 107 cm³/mol. The molecule has 0 aliphatic carbocycles. The summed E-state index contributed by atoms with van der Waals surface area (Å²) in [5, 5.41) is 7.81. The predicted octanol–water partition coefficient (Wildman–Crippen LogP) is 1.82. The van der Waals surface area contributed by atoms with Crippen molar-refractivity contribution in [1.29, 1.82) is 0 Å². The number of piperidine rings is 1. The van der Waals surface area contributed by atoms with Gasteiger partial charge in [-0.3, -0.25) is 5.32 Å². The fraction of sp³-hybridized carbons (Fsp3) is 0.526. The first kappa shape index (κ1) is 18.5. The molecule has 0 saturated carbocycles. The van der Waals surface area contributed by atoms with Gasteiger partial charge in [0.25, 0.3) is 0 Å². The van der Waals surface area contributed by atoms with Crippen LogP contribution >= 0.6 is 0 Å². The molecule has 0 aromatic carbocycles. The van der Waals surface area contributed by atoms with Gasteiger partial charge < -0.3 is 4.90 Å². The average molecular weight is 390 g/mol. The summed E-state index contributed by atoms with van der Waals surface area (Å²) in [6.45, 7) is 4.31. The molecule has 2 atom stereocenters. The number of nitrogens with zero attached hydrogens (tertiary/aromatic N) is 4. The van der Waals surface area contributed by atoms with E-state index < -0.39 is 10.0 Å². The van der Waals surface area contributed by atoms with E-state index in [0.29, 0.717) is 12.5 Å². The molecule has 4 rings (SSSR count). The molecule has 2 aromatic rings. The van der Waals surface area contributed by atoms with Crippen LogP contribution in [0.3, 0.4) is 0 Å². The van der Waals surface area contributed by atoms with Crippen LogP contribution in [0, 0.1) is 5.92 Å². The largest absolute Gasteiger partial charge is 0.332 e. The van der Waals surface area contributed by atoms with Crippen LogP contribution in [0.25, 0.3) is 5.52 Å². The first-order valence-corrected chi connectivity index (χ1v) is 11.3. The van der Waals surface area contributed by atoms with Crippen LogP contribution in [0.4, 0.5) is 5.69 Å². The summed E-state index contributed by atoms with van der Waals surface area (Å²) >= 11 is 0. The summed E-state index contributed by atoms with van der Waals surface area (Å²) in [6.07, 6.45) is 12.2. The summed E-state index contributed by atoms with van der Waals surface area (Å²) in [6, 6.07) is 4.41. The first-order chi connectivity index (χ1) is 12.9. The van der Waals surface area contributed by atoms with Gasteiger partial charge in [0.2, 0.25) is 10.0 Å². The monoisotopic (exact) mass is 389 g/mol. The van der Waals surface area contributed by atoms with Gasteiger partial charge in [-0.1, -0.05) is 6.08 Å². The minimum Gasteiger partial charge on any atom is -0.332 e. The highest BCUT2D eigenvalue weighted by Gasteiger charge is 2.31. The molecule has 0 bridgehead atoms. The number of pyridine rings is 1. The van der Waals surface area contributed by atoms with Crippen molar-refractivity contribution < 1.29 is 8.42 Å². The van der Waals surface area contributed by atoms with Gasteiger partial charge in [0, 0.05) is 31.5 Å². The van der Waals surface area contributed by atoms with E-state index in [0.717, 1.165) is 43.7 Å². The topological polar surface area (TPSA) is 70.0 Å². The number of aromatic nitrogens is 2. The van der Waals surface area contributed by atoms with Crippen molar-refractivity contribution >= 4 is 21.2 Å². The highest BCUT2D eigenvalue weighted by atomic mass is 32.2. The smallest absolute Gasteiger partial charge is 0.211 e. The summed E-state index contributed by atoms with van der Waals surface area (Å²) in [5.74, 6) is 0.503. The van der Waals surface area contributed by atoms with Crippen molar-refractivity contribution in [2.45, 2.75) is 32.2 Å². The van der Waals surface area contributed by atoms with E-state index in [4.69, 9.17) is 0 Å². The number of nitrogens with one attached hydrogen (secondary N) is 1. The molecule has 1 fully saturated rings. The standard InChI is InChI=1S/C19H27N5O2S/c1-15-10-16(5-9-24(15)27(2,25)26)11-17-4-8-23-18(12-17)19(13-21-23)22-7-3-6-20-14-22/h3-4,7-8,12-13,15-16,20H,5-6,9-11,14H2,1-2H3/t15-,16+/m0/s1. The molecule has 1 saturated heterocycles. The third-order valence-corrected chi connectivity index (χ3v) is 6.97.